The number of sulfone groups is 1. The Morgan fingerprint density at radius 2 is 1.77 bits per heavy atom. The summed E-state index contributed by atoms with van der Waals surface area (Å²) in [5.74, 6) is 0.267. The highest BCUT2D eigenvalue weighted by Gasteiger charge is 2.46. The molecule has 130 valence electrons. The highest BCUT2D eigenvalue weighted by atomic mass is 32.2. The Balaban J connectivity index is 1.78. The molecule has 5 nitrogen and oxygen atoms in total. The van der Waals surface area contributed by atoms with Gasteiger partial charge in [0.2, 0.25) is 0 Å². The lowest BCUT2D eigenvalue weighted by Crippen LogP contribution is -2.51. The van der Waals surface area contributed by atoms with Gasteiger partial charge in [-0.05, 0) is 60.0 Å². The molecule has 2 saturated heterocycles. The van der Waals surface area contributed by atoms with Crippen LogP contribution in [0.5, 0.6) is 0 Å². The standard InChI is InChI=1S/C16H32N2O3S/c1-15(2)12-14(16(3,4)21-15)17-13-6-8-18(9-7-13)10-11-22(5,19)20/h13-14,17H,6-12H2,1-5H3/t14-/m1/s1. The summed E-state index contributed by atoms with van der Waals surface area (Å²) in [7, 11) is -2.86. The van der Waals surface area contributed by atoms with Crippen LogP contribution in [0.1, 0.15) is 47.0 Å². The van der Waals surface area contributed by atoms with Crippen molar-refractivity contribution in [2.75, 3.05) is 31.6 Å². The molecule has 2 rings (SSSR count). The fraction of sp³-hybridized carbons (Fsp3) is 1.00. The quantitative estimate of drug-likeness (QED) is 0.825. The second-order valence-electron chi connectivity index (χ2n) is 8.13. The molecule has 0 unspecified atom stereocenters. The van der Waals surface area contributed by atoms with Gasteiger partial charge in [-0.1, -0.05) is 0 Å². The number of likely N-dealkylation sites (tertiary alicyclic amines) is 1. The van der Waals surface area contributed by atoms with E-state index in [-0.39, 0.29) is 17.0 Å². The summed E-state index contributed by atoms with van der Waals surface area (Å²) < 4.78 is 28.6. The molecule has 1 N–H and O–H groups in total. The van der Waals surface area contributed by atoms with E-state index in [1.165, 1.54) is 6.26 Å². The fourth-order valence-electron chi connectivity index (χ4n) is 3.72. The van der Waals surface area contributed by atoms with Crippen molar-refractivity contribution in [1.82, 2.24) is 10.2 Å². The maximum Gasteiger partial charge on any atom is 0.148 e. The number of ether oxygens (including phenoxy) is 1. The molecule has 1 atom stereocenters. The molecule has 6 heteroatoms. The van der Waals surface area contributed by atoms with Crippen molar-refractivity contribution in [2.24, 2.45) is 0 Å². The number of piperidine rings is 1. The van der Waals surface area contributed by atoms with Gasteiger partial charge in [0.15, 0.2) is 0 Å². The molecule has 0 aromatic carbocycles. The molecule has 0 saturated carbocycles. The van der Waals surface area contributed by atoms with Crippen molar-refractivity contribution in [3.05, 3.63) is 0 Å². The van der Waals surface area contributed by atoms with E-state index in [1.807, 2.05) is 0 Å². The number of hydrogen-bond acceptors (Lipinski definition) is 5. The second kappa shape index (κ2) is 6.38. The summed E-state index contributed by atoms with van der Waals surface area (Å²) in [6.07, 6.45) is 4.51. The SMILES string of the molecule is CC1(C)C[C@@H](NC2CCN(CCS(C)(=O)=O)CC2)C(C)(C)O1. The van der Waals surface area contributed by atoms with Crippen LogP contribution in [0.4, 0.5) is 0 Å². The minimum atomic E-state index is -2.86. The molecule has 0 aromatic rings. The van der Waals surface area contributed by atoms with Crippen molar-refractivity contribution in [3.63, 3.8) is 0 Å². The number of nitrogens with one attached hydrogen (secondary N) is 1. The first kappa shape index (κ1) is 18.2. The zero-order valence-electron chi connectivity index (χ0n) is 14.7. The zero-order valence-corrected chi connectivity index (χ0v) is 15.5. The first-order chi connectivity index (χ1) is 9.97. The minimum absolute atomic E-state index is 0.0582. The highest BCUT2D eigenvalue weighted by Crippen LogP contribution is 2.37. The van der Waals surface area contributed by atoms with Crippen molar-refractivity contribution in [3.8, 4) is 0 Å². The van der Waals surface area contributed by atoms with E-state index >= 15 is 0 Å². The van der Waals surface area contributed by atoms with Crippen molar-refractivity contribution >= 4 is 9.84 Å². The summed E-state index contributed by atoms with van der Waals surface area (Å²) in [5.41, 5.74) is -0.186. The second-order valence-corrected chi connectivity index (χ2v) is 10.4. The predicted octanol–water partition coefficient (Wildman–Crippen LogP) is 1.43. The first-order valence-electron chi connectivity index (χ1n) is 8.33. The van der Waals surface area contributed by atoms with E-state index in [9.17, 15) is 8.42 Å². The topological polar surface area (TPSA) is 58.6 Å². The maximum atomic E-state index is 11.2. The van der Waals surface area contributed by atoms with Crippen molar-refractivity contribution in [2.45, 2.75) is 70.2 Å². The van der Waals surface area contributed by atoms with Gasteiger partial charge < -0.3 is 15.0 Å². The van der Waals surface area contributed by atoms with E-state index in [4.69, 9.17) is 4.74 Å². The van der Waals surface area contributed by atoms with E-state index in [0.29, 0.717) is 18.6 Å². The molecule has 2 fully saturated rings. The van der Waals surface area contributed by atoms with Crippen LogP contribution in [0.15, 0.2) is 0 Å². The van der Waals surface area contributed by atoms with Crippen molar-refractivity contribution in [1.29, 1.82) is 0 Å². The van der Waals surface area contributed by atoms with Crippen LogP contribution in [0.3, 0.4) is 0 Å². The van der Waals surface area contributed by atoms with Gasteiger partial charge in [-0.2, -0.15) is 0 Å². The summed E-state index contributed by atoms with van der Waals surface area (Å²) in [4.78, 5) is 2.26. The highest BCUT2D eigenvalue weighted by molar-refractivity contribution is 7.90. The zero-order chi connectivity index (χ0) is 16.6. The molecule has 2 heterocycles. The number of nitrogens with zero attached hydrogens (tertiary/aromatic N) is 1. The van der Waals surface area contributed by atoms with Crippen LogP contribution in [0, 0.1) is 0 Å². The van der Waals surface area contributed by atoms with Gasteiger partial charge in [-0.3, -0.25) is 0 Å². The van der Waals surface area contributed by atoms with Gasteiger partial charge in [0, 0.05) is 24.9 Å². The Hall–Kier alpha value is -0.170. The molecule has 0 amide bonds. The Bertz CT molecular complexity index is 480. The Morgan fingerprint density at radius 1 is 1.18 bits per heavy atom. The lowest BCUT2D eigenvalue weighted by molar-refractivity contribution is -0.0708. The number of rotatable bonds is 5. The molecule has 2 aliphatic heterocycles. The summed E-state index contributed by atoms with van der Waals surface area (Å²) in [5, 5.41) is 3.79. The van der Waals surface area contributed by atoms with Crippen LogP contribution < -0.4 is 5.32 Å². The number of hydrogen-bond donors (Lipinski definition) is 1. The van der Waals surface area contributed by atoms with E-state index in [2.05, 4.69) is 37.9 Å². The summed E-state index contributed by atoms with van der Waals surface area (Å²) in [6, 6.07) is 0.895. The largest absolute Gasteiger partial charge is 0.368 e. The molecular weight excluding hydrogens is 300 g/mol. The van der Waals surface area contributed by atoms with E-state index in [1.54, 1.807) is 0 Å². The van der Waals surface area contributed by atoms with Crippen LogP contribution in [0.2, 0.25) is 0 Å². The molecule has 0 bridgehead atoms. The Morgan fingerprint density at radius 3 is 2.23 bits per heavy atom. The molecule has 22 heavy (non-hydrogen) atoms. The lowest BCUT2D eigenvalue weighted by Gasteiger charge is -2.36. The van der Waals surface area contributed by atoms with Gasteiger partial charge in [-0.25, -0.2) is 8.42 Å². The molecule has 0 spiro atoms. The van der Waals surface area contributed by atoms with Gasteiger partial charge in [0.05, 0.1) is 17.0 Å². The van der Waals surface area contributed by atoms with E-state index < -0.39 is 9.84 Å². The molecule has 0 aromatic heterocycles. The summed E-state index contributed by atoms with van der Waals surface area (Å²) >= 11 is 0. The average molecular weight is 333 g/mol. The van der Waals surface area contributed by atoms with Gasteiger partial charge in [0.1, 0.15) is 9.84 Å². The Labute approximate surface area is 135 Å². The van der Waals surface area contributed by atoms with E-state index in [0.717, 1.165) is 32.4 Å². The van der Waals surface area contributed by atoms with Crippen LogP contribution in [-0.4, -0.2) is 68.2 Å². The smallest absolute Gasteiger partial charge is 0.148 e. The van der Waals surface area contributed by atoms with Gasteiger partial charge in [-0.15, -0.1) is 0 Å². The fourth-order valence-corrected chi connectivity index (χ4v) is 4.31. The Kier molecular flexibility index (Phi) is 5.27. The van der Waals surface area contributed by atoms with Gasteiger partial charge in [0.25, 0.3) is 0 Å². The molecule has 0 aliphatic carbocycles. The third-order valence-corrected chi connectivity index (χ3v) is 5.80. The average Bonchev–Trinajstić information content (AvgIpc) is 2.55. The predicted molar refractivity (Wildman–Crippen MR) is 90.0 cm³/mol. The third-order valence-electron chi connectivity index (χ3n) is 4.88. The first-order valence-corrected chi connectivity index (χ1v) is 10.4. The monoisotopic (exact) mass is 332 g/mol. The maximum absolute atomic E-state index is 11.2. The molecule has 0 radical (unpaired) electrons. The molecular formula is C16H32N2O3S. The van der Waals surface area contributed by atoms with Crippen LogP contribution in [0.25, 0.3) is 0 Å². The lowest BCUT2D eigenvalue weighted by atomic mass is 9.92. The van der Waals surface area contributed by atoms with Gasteiger partial charge >= 0.3 is 0 Å². The summed E-state index contributed by atoms with van der Waals surface area (Å²) in [6.45, 7) is 11.3. The normalized spacial score (nSPS) is 29.8. The minimum Gasteiger partial charge on any atom is -0.368 e. The van der Waals surface area contributed by atoms with Crippen LogP contribution in [-0.2, 0) is 14.6 Å². The van der Waals surface area contributed by atoms with Crippen molar-refractivity contribution < 1.29 is 13.2 Å². The molecule has 2 aliphatic rings. The third kappa shape index (κ3) is 5.18. The van der Waals surface area contributed by atoms with Crippen LogP contribution >= 0.6 is 0 Å².